The second-order valence-electron chi connectivity index (χ2n) is 1.98. The quantitative estimate of drug-likeness (QED) is 0.464. The predicted molar refractivity (Wildman–Crippen MR) is 39.7 cm³/mol. The van der Waals surface area contributed by atoms with Gasteiger partial charge in [-0.25, -0.2) is 4.79 Å². The van der Waals surface area contributed by atoms with Crippen LogP contribution >= 0.6 is 8.46 Å². The number of hydrogen-bond donors (Lipinski definition) is 0. The van der Waals surface area contributed by atoms with Gasteiger partial charge in [-0.1, -0.05) is 17.9 Å². The minimum absolute atomic E-state index is 0.366. The van der Waals surface area contributed by atoms with E-state index in [4.69, 9.17) is 0 Å². The van der Waals surface area contributed by atoms with E-state index < -0.39 is 14.1 Å². The number of carbonyl (C=O) groups excluding carboxylic acids is 1. The van der Waals surface area contributed by atoms with Crippen LogP contribution < -0.4 is 0 Å². The standard InChI is InChI=1S/C6H11O3P/c1-3-4-5(10-8)6(7)9-2/h5H,3-4H2,1-2H3/p+1. The fourth-order valence-corrected chi connectivity index (χ4v) is 1.28. The maximum Gasteiger partial charge on any atom is 0.357 e. The number of carbonyl (C=O) groups is 1. The Morgan fingerprint density at radius 1 is 1.70 bits per heavy atom. The smallest absolute Gasteiger partial charge is 0.357 e. The maximum atomic E-state index is 10.7. The van der Waals surface area contributed by atoms with E-state index >= 15 is 0 Å². The highest BCUT2D eigenvalue weighted by atomic mass is 31.1. The van der Waals surface area contributed by atoms with Crippen LogP contribution in [0.5, 0.6) is 0 Å². The Morgan fingerprint density at radius 3 is 2.60 bits per heavy atom. The zero-order chi connectivity index (χ0) is 7.98. The molecule has 0 aromatic carbocycles. The molecule has 0 saturated heterocycles. The zero-order valence-electron chi connectivity index (χ0n) is 6.22. The van der Waals surface area contributed by atoms with Crippen LogP contribution in [0.1, 0.15) is 19.8 Å². The number of ether oxygens (including phenoxy) is 1. The summed E-state index contributed by atoms with van der Waals surface area (Å²) < 4.78 is 14.8. The predicted octanol–water partition coefficient (Wildman–Crippen LogP) is 1.35. The van der Waals surface area contributed by atoms with Gasteiger partial charge in [0, 0.05) is 6.42 Å². The van der Waals surface area contributed by atoms with Gasteiger partial charge >= 0.3 is 14.4 Å². The molecule has 0 N–H and O–H groups in total. The van der Waals surface area contributed by atoms with Crippen LogP contribution in [0.3, 0.4) is 0 Å². The third kappa shape index (κ3) is 2.92. The van der Waals surface area contributed by atoms with E-state index in [1.54, 1.807) is 0 Å². The first-order valence-corrected chi connectivity index (χ1v) is 4.20. The molecule has 0 aromatic rings. The van der Waals surface area contributed by atoms with Crippen molar-refractivity contribution >= 4 is 14.4 Å². The lowest BCUT2D eigenvalue weighted by Crippen LogP contribution is -2.15. The van der Waals surface area contributed by atoms with E-state index in [0.29, 0.717) is 6.42 Å². The molecule has 0 saturated carbocycles. The lowest BCUT2D eigenvalue weighted by molar-refractivity contribution is -0.140. The van der Waals surface area contributed by atoms with Crippen molar-refractivity contribution in [3.05, 3.63) is 0 Å². The van der Waals surface area contributed by atoms with E-state index in [0.717, 1.165) is 6.42 Å². The summed E-state index contributed by atoms with van der Waals surface area (Å²) in [5.74, 6) is -0.366. The lowest BCUT2D eigenvalue weighted by atomic mass is 10.2. The molecule has 0 fully saturated rings. The number of methoxy groups -OCH3 is 1. The molecule has 2 unspecified atom stereocenters. The maximum absolute atomic E-state index is 10.7. The van der Waals surface area contributed by atoms with Crippen molar-refractivity contribution in [1.29, 1.82) is 0 Å². The second kappa shape index (κ2) is 5.36. The van der Waals surface area contributed by atoms with Crippen LogP contribution in [0.2, 0.25) is 0 Å². The topological polar surface area (TPSA) is 43.4 Å². The minimum atomic E-state index is -0.582. The van der Waals surface area contributed by atoms with E-state index in [9.17, 15) is 9.36 Å². The molecule has 0 spiro atoms. The van der Waals surface area contributed by atoms with Crippen molar-refractivity contribution in [3.63, 3.8) is 0 Å². The van der Waals surface area contributed by atoms with Crippen molar-refractivity contribution in [2.75, 3.05) is 7.11 Å². The third-order valence-electron chi connectivity index (χ3n) is 1.21. The summed E-state index contributed by atoms with van der Waals surface area (Å²) in [5.41, 5.74) is -0.407. The Bertz CT molecular complexity index is 124. The van der Waals surface area contributed by atoms with Gasteiger partial charge in [-0.05, 0) is 0 Å². The SMILES string of the molecule is CCCC([PH+]=O)C(=O)OC. The normalized spacial score (nSPS) is 13.0. The lowest BCUT2D eigenvalue weighted by Gasteiger charge is -1.97. The van der Waals surface area contributed by atoms with Crippen LogP contribution in [0.25, 0.3) is 0 Å². The Balaban J connectivity index is 3.80. The van der Waals surface area contributed by atoms with Gasteiger partial charge in [0.15, 0.2) is 0 Å². The molecule has 0 heterocycles. The van der Waals surface area contributed by atoms with Gasteiger partial charge < -0.3 is 4.74 Å². The molecule has 10 heavy (non-hydrogen) atoms. The highest BCUT2D eigenvalue weighted by Gasteiger charge is 2.24. The molecule has 0 radical (unpaired) electrons. The van der Waals surface area contributed by atoms with Crippen molar-refractivity contribution in [3.8, 4) is 0 Å². The van der Waals surface area contributed by atoms with Crippen molar-refractivity contribution in [2.45, 2.75) is 25.4 Å². The Kier molecular flexibility index (Phi) is 5.13. The molecule has 0 aliphatic rings. The van der Waals surface area contributed by atoms with Gasteiger partial charge in [-0.3, -0.25) is 0 Å². The number of esters is 1. The zero-order valence-corrected chi connectivity index (χ0v) is 7.22. The van der Waals surface area contributed by atoms with Crippen LogP contribution in [0, 0.1) is 0 Å². The van der Waals surface area contributed by atoms with Gasteiger partial charge in [-0.15, -0.1) is 0 Å². The van der Waals surface area contributed by atoms with E-state index in [1.807, 2.05) is 6.92 Å². The molecule has 0 aliphatic carbocycles. The Labute approximate surface area is 62.0 Å². The number of rotatable bonds is 4. The Hall–Kier alpha value is -0.430. The fourth-order valence-electron chi connectivity index (χ4n) is 0.656. The van der Waals surface area contributed by atoms with E-state index in [-0.39, 0.29) is 5.97 Å². The average molecular weight is 163 g/mol. The molecule has 0 rings (SSSR count). The molecule has 0 bridgehead atoms. The molecule has 0 aliphatic heterocycles. The first-order valence-electron chi connectivity index (χ1n) is 3.21. The molecular formula is C6H12O3P+. The van der Waals surface area contributed by atoms with Gasteiger partial charge in [-0.2, -0.15) is 0 Å². The summed E-state index contributed by atoms with van der Waals surface area (Å²) in [6, 6.07) is 0. The summed E-state index contributed by atoms with van der Waals surface area (Å²) >= 11 is 0. The van der Waals surface area contributed by atoms with Crippen molar-refractivity contribution in [2.24, 2.45) is 0 Å². The largest absolute Gasteiger partial charge is 0.466 e. The van der Waals surface area contributed by atoms with Gasteiger partial charge in [0.1, 0.15) is 0 Å². The van der Waals surface area contributed by atoms with Gasteiger partial charge in [0.25, 0.3) is 0 Å². The fraction of sp³-hybridized carbons (Fsp3) is 0.833. The van der Waals surface area contributed by atoms with Crippen LogP contribution in [0.15, 0.2) is 0 Å². The van der Waals surface area contributed by atoms with E-state index in [1.165, 1.54) is 7.11 Å². The molecule has 58 valence electrons. The summed E-state index contributed by atoms with van der Waals surface area (Å²) in [6.45, 7) is 1.94. The third-order valence-corrected chi connectivity index (χ3v) is 2.01. The van der Waals surface area contributed by atoms with Crippen LogP contribution in [-0.2, 0) is 14.1 Å². The Morgan fingerprint density at radius 2 is 2.30 bits per heavy atom. The summed E-state index contributed by atoms with van der Waals surface area (Å²) in [7, 11) is 0.729. The molecule has 0 aromatic heterocycles. The molecular weight excluding hydrogens is 151 g/mol. The first kappa shape index (κ1) is 9.57. The van der Waals surface area contributed by atoms with Crippen LogP contribution in [0.4, 0.5) is 0 Å². The highest BCUT2D eigenvalue weighted by molar-refractivity contribution is 7.26. The monoisotopic (exact) mass is 163 g/mol. The second-order valence-corrected chi connectivity index (χ2v) is 2.91. The van der Waals surface area contributed by atoms with Crippen molar-refractivity contribution in [1.82, 2.24) is 0 Å². The van der Waals surface area contributed by atoms with Gasteiger partial charge in [0.05, 0.1) is 7.11 Å². The van der Waals surface area contributed by atoms with Crippen molar-refractivity contribution < 1.29 is 14.1 Å². The summed E-state index contributed by atoms with van der Waals surface area (Å²) in [4.78, 5) is 10.7. The molecule has 4 heteroatoms. The van der Waals surface area contributed by atoms with Gasteiger partial charge in [0.2, 0.25) is 5.66 Å². The summed E-state index contributed by atoms with van der Waals surface area (Å²) in [6.07, 6.45) is 1.50. The van der Waals surface area contributed by atoms with Crippen LogP contribution in [-0.4, -0.2) is 18.7 Å². The number of hydrogen-bond acceptors (Lipinski definition) is 3. The van der Waals surface area contributed by atoms with E-state index in [2.05, 4.69) is 4.74 Å². The minimum Gasteiger partial charge on any atom is -0.466 e. The summed E-state index contributed by atoms with van der Waals surface area (Å²) in [5, 5.41) is 0. The molecule has 0 amide bonds. The molecule has 2 atom stereocenters. The highest BCUT2D eigenvalue weighted by Crippen LogP contribution is 2.13. The average Bonchev–Trinajstić information content (AvgIpc) is 1.99. The first-order chi connectivity index (χ1) is 4.76. The molecule has 3 nitrogen and oxygen atoms in total.